The third-order valence-electron chi connectivity index (χ3n) is 5.18. The molecule has 35 heavy (non-hydrogen) atoms. The van der Waals surface area contributed by atoms with E-state index in [1.165, 1.54) is 19.9 Å². The largest absolute Gasteiger partial charge is 0.493 e. The predicted octanol–water partition coefficient (Wildman–Crippen LogP) is 4.88. The summed E-state index contributed by atoms with van der Waals surface area (Å²) in [7, 11) is 0.885. The van der Waals surface area contributed by atoms with Crippen LogP contribution in [0.1, 0.15) is 38.2 Å². The van der Waals surface area contributed by atoms with Crippen molar-refractivity contribution < 1.29 is 41.9 Å². The van der Waals surface area contributed by atoms with Gasteiger partial charge in [-0.05, 0) is 32.8 Å². The van der Waals surface area contributed by atoms with Gasteiger partial charge in [0, 0.05) is 34.7 Å². The first-order valence-corrected chi connectivity index (χ1v) is 11.7. The molecule has 1 aliphatic heterocycles. The summed E-state index contributed by atoms with van der Waals surface area (Å²) >= 11 is 3.28. The van der Waals surface area contributed by atoms with E-state index in [4.69, 9.17) is 9.47 Å². The Hall–Kier alpha value is -2.96. The number of nitrogens with zero attached hydrogens (tertiary/aromatic N) is 2. The van der Waals surface area contributed by atoms with Crippen LogP contribution in [0.3, 0.4) is 0 Å². The molecule has 1 aromatic rings. The van der Waals surface area contributed by atoms with Crippen LogP contribution in [0.4, 0.5) is 18.9 Å². The summed E-state index contributed by atoms with van der Waals surface area (Å²) in [4.78, 5) is 39.9. The molecule has 13 heteroatoms. The smallest absolute Gasteiger partial charge is 0.433 e. The van der Waals surface area contributed by atoms with Gasteiger partial charge in [-0.25, -0.2) is 4.79 Å². The standard InChI is InChI=1S/C22H24BrF3N2O7/c1-4-34-21(30)16-12(2)27-19(22(24,25)26)18(20(29)33-3)17(16)14-11-13(28(31)32)7-8-15(14)35-10-6-5-9-23/h7-8,11,16-17H,4-6,9-10H2,1-3H3. The van der Waals surface area contributed by atoms with E-state index in [0.717, 1.165) is 25.7 Å². The van der Waals surface area contributed by atoms with Crippen LogP contribution in [-0.2, 0) is 19.1 Å². The van der Waals surface area contributed by atoms with E-state index in [-0.39, 0.29) is 30.2 Å². The van der Waals surface area contributed by atoms with E-state index in [9.17, 15) is 32.9 Å². The van der Waals surface area contributed by atoms with E-state index in [1.807, 2.05) is 0 Å². The molecule has 0 aromatic heterocycles. The molecule has 1 aromatic carbocycles. The Morgan fingerprint density at radius 2 is 1.94 bits per heavy atom. The Balaban J connectivity index is 2.86. The zero-order valence-electron chi connectivity index (χ0n) is 19.2. The summed E-state index contributed by atoms with van der Waals surface area (Å²) in [6.07, 6.45) is -3.78. The monoisotopic (exact) mass is 564 g/mol. The molecule has 0 N–H and O–H groups in total. The van der Waals surface area contributed by atoms with E-state index in [0.29, 0.717) is 11.8 Å². The van der Waals surface area contributed by atoms with Crippen molar-refractivity contribution in [1.82, 2.24) is 0 Å². The molecule has 0 bridgehead atoms. The fourth-order valence-corrected chi connectivity index (χ4v) is 4.08. The summed E-state index contributed by atoms with van der Waals surface area (Å²) in [5.74, 6) is -5.49. The minimum Gasteiger partial charge on any atom is -0.493 e. The number of nitro benzene ring substituents is 1. The molecule has 2 unspecified atom stereocenters. The van der Waals surface area contributed by atoms with Crippen molar-refractivity contribution in [2.75, 3.05) is 25.7 Å². The highest BCUT2D eigenvalue weighted by Crippen LogP contribution is 2.47. The highest BCUT2D eigenvalue weighted by Gasteiger charge is 2.50. The molecular formula is C22H24BrF3N2O7. The van der Waals surface area contributed by atoms with Crippen molar-refractivity contribution in [3.8, 4) is 5.75 Å². The first-order valence-electron chi connectivity index (χ1n) is 10.6. The molecule has 0 saturated carbocycles. The van der Waals surface area contributed by atoms with Gasteiger partial charge in [-0.3, -0.25) is 19.9 Å². The van der Waals surface area contributed by atoms with E-state index < -0.39 is 51.8 Å². The van der Waals surface area contributed by atoms with Gasteiger partial charge in [-0.1, -0.05) is 15.9 Å². The number of unbranched alkanes of at least 4 members (excludes halogenated alkanes) is 1. The Kier molecular flexibility index (Phi) is 9.81. The lowest BCUT2D eigenvalue weighted by molar-refractivity contribution is -0.385. The highest BCUT2D eigenvalue weighted by atomic mass is 79.9. The van der Waals surface area contributed by atoms with Crippen molar-refractivity contribution in [2.45, 2.75) is 38.8 Å². The number of rotatable bonds is 10. The Morgan fingerprint density at radius 3 is 2.49 bits per heavy atom. The van der Waals surface area contributed by atoms with E-state index in [1.54, 1.807) is 0 Å². The number of esters is 2. The second-order valence-electron chi connectivity index (χ2n) is 7.44. The molecule has 0 amide bonds. The lowest BCUT2D eigenvalue weighted by Crippen LogP contribution is -2.39. The van der Waals surface area contributed by atoms with Crippen LogP contribution >= 0.6 is 15.9 Å². The number of benzene rings is 1. The first-order chi connectivity index (χ1) is 16.5. The van der Waals surface area contributed by atoms with Crippen LogP contribution in [0, 0.1) is 16.0 Å². The molecular weight excluding hydrogens is 541 g/mol. The number of alkyl halides is 4. The zero-order chi connectivity index (χ0) is 26.3. The molecule has 2 rings (SSSR count). The van der Waals surface area contributed by atoms with Gasteiger partial charge in [0.15, 0.2) is 5.70 Å². The predicted molar refractivity (Wildman–Crippen MR) is 123 cm³/mol. The Morgan fingerprint density at radius 1 is 1.26 bits per heavy atom. The maximum atomic E-state index is 14.0. The van der Waals surface area contributed by atoms with Gasteiger partial charge in [-0.15, -0.1) is 0 Å². The number of ether oxygens (including phenoxy) is 3. The van der Waals surface area contributed by atoms with E-state index >= 15 is 0 Å². The van der Waals surface area contributed by atoms with Gasteiger partial charge in [0.2, 0.25) is 0 Å². The minimum atomic E-state index is -5.08. The second-order valence-corrected chi connectivity index (χ2v) is 8.23. The number of aliphatic imine (C=N–C) groups is 1. The van der Waals surface area contributed by atoms with Crippen molar-refractivity contribution in [3.05, 3.63) is 45.1 Å². The minimum absolute atomic E-state index is 0.0119. The number of hydrogen-bond donors (Lipinski definition) is 0. The topological polar surface area (TPSA) is 117 Å². The van der Waals surface area contributed by atoms with Crippen molar-refractivity contribution in [3.63, 3.8) is 0 Å². The summed E-state index contributed by atoms with van der Waals surface area (Å²) in [5.41, 5.74) is -3.41. The Bertz CT molecular complexity index is 1040. The molecule has 0 aliphatic carbocycles. The number of halogens is 4. The normalized spacial score (nSPS) is 18.1. The number of allylic oxidation sites excluding steroid dienone is 1. The van der Waals surface area contributed by atoms with Crippen molar-refractivity contribution in [1.29, 1.82) is 0 Å². The quantitative estimate of drug-likeness (QED) is 0.131. The van der Waals surface area contributed by atoms with Crippen LogP contribution in [0.5, 0.6) is 5.75 Å². The molecule has 0 fully saturated rings. The van der Waals surface area contributed by atoms with Crippen LogP contribution in [0.15, 0.2) is 34.5 Å². The molecule has 0 radical (unpaired) electrons. The second kappa shape index (κ2) is 12.1. The summed E-state index contributed by atoms with van der Waals surface area (Å²) in [5, 5.41) is 12.2. The third kappa shape index (κ3) is 6.59. The molecule has 0 saturated heterocycles. The van der Waals surface area contributed by atoms with Gasteiger partial charge in [0.1, 0.15) is 11.7 Å². The molecule has 1 aliphatic rings. The van der Waals surface area contributed by atoms with Gasteiger partial charge in [-0.2, -0.15) is 13.2 Å². The van der Waals surface area contributed by atoms with Crippen molar-refractivity contribution in [2.24, 2.45) is 10.9 Å². The number of methoxy groups -OCH3 is 1. The summed E-state index contributed by atoms with van der Waals surface area (Å²) in [6, 6.07) is 3.35. The maximum absolute atomic E-state index is 14.0. The van der Waals surface area contributed by atoms with Crippen LogP contribution in [0.25, 0.3) is 0 Å². The number of carbonyl (C=O) groups is 2. The van der Waals surface area contributed by atoms with Gasteiger partial charge < -0.3 is 14.2 Å². The lowest BCUT2D eigenvalue weighted by Gasteiger charge is -2.33. The third-order valence-corrected chi connectivity index (χ3v) is 5.74. The van der Waals surface area contributed by atoms with E-state index in [2.05, 4.69) is 25.7 Å². The average molecular weight is 565 g/mol. The molecule has 2 atom stereocenters. The Labute approximate surface area is 207 Å². The van der Waals surface area contributed by atoms with Gasteiger partial charge in [0.05, 0.1) is 30.8 Å². The first kappa shape index (κ1) is 28.3. The summed E-state index contributed by atoms with van der Waals surface area (Å²) in [6.45, 7) is 2.75. The number of non-ortho nitro benzene ring substituents is 1. The molecule has 192 valence electrons. The maximum Gasteiger partial charge on any atom is 0.433 e. The van der Waals surface area contributed by atoms with Crippen molar-refractivity contribution >= 4 is 39.3 Å². The number of nitro groups is 1. The summed E-state index contributed by atoms with van der Waals surface area (Å²) < 4.78 is 57.4. The van der Waals surface area contributed by atoms with Gasteiger partial charge >= 0.3 is 18.1 Å². The van der Waals surface area contributed by atoms with Gasteiger partial charge in [0.25, 0.3) is 5.69 Å². The zero-order valence-corrected chi connectivity index (χ0v) is 20.8. The molecule has 1 heterocycles. The SMILES string of the molecule is CCOC(=O)C1C(C)=NC(C(F)(F)F)=C(C(=O)OC)C1c1cc([N+](=O)[O-])ccc1OCCCCBr. The number of carbonyl (C=O) groups excluding carboxylic acids is 2. The highest BCUT2D eigenvalue weighted by molar-refractivity contribution is 9.09. The molecule has 9 nitrogen and oxygen atoms in total. The number of hydrogen-bond acceptors (Lipinski definition) is 8. The molecule has 0 spiro atoms. The fraction of sp³-hybridized carbons (Fsp3) is 0.500. The van der Waals surface area contributed by atoms with Crippen LogP contribution in [-0.4, -0.2) is 54.4 Å². The van der Waals surface area contributed by atoms with Crippen LogP contribution in [0.2, 0.25) is 0 Å². The fourth-order valence-electron chi connectivity index (χ4n) is 3.69. The lowest BCUT2D eigenvalue weighted by atomic mass is 9.75. The average Bonchev–Trinajstić information content (AvgIpc) is 2.80. The van der Waals surface area contributed by atoms with Crippen LogP contribution < -0.4 is 4.74 Å².